The van der Waals surface area contributed by atoms with Gasteiger partial charge in [0.05, 0.1) is 7.11 Å². The number of nitrogens with one attached hydrogen (secondary N) is 1. The summed E-state index contributed by atoms with van der Waals surface area (Å²) in [6.45, 7) is 0. The molecule has 0 bridgehead atoms. The molecule has 1 aliphatic carbocycles. The molecule has 0 saturated heterocycles. The van der Waals surface area contributed by atoms with E-state index in [1.807, 2.05) is 13.1 Å². The minimum Gasteiger partial charge on any atom is -0.494 e. The Morgan fingerprint density at radius 3 is 2.63 bits per heavy atom. The fourth-order valence-corrected chi connectivity index (χ4v) is 3.13. The third-order valence-electron chi connectivity index (χ3n) is 4.26. The number of methoxy groups -OCH3 is 1. The first-order valence-electron chi connectivity index (χ1n) is 7.24. The predicted octanol–water partition coefficient (Wildman–Crippen LogP) is 3.55. The molecule has 1 aromatic rings. The van der Waals surface area contributed by atoms with Crippen molar-refractivity contribution in [2.75, 3.05) is 14.2 Å². The topological polar surface area (TPSA) is 21.3 Å². The van der Waals surface area contributed by atoms with Gasteiger partial charge < -0.3 is 10.1 Å². The Morgan fingerprint density at radius 1 is 1.32 bits per heavy atom. The second-order valence-electron chi connectivity index (χ2n) is 5.47. The molecule has 0 aliphatic heterocycles. The van der Waals surface area contributed by atoms with Crippen molar-refractivity contribution in [2.24, 2.45) is 5.92 Å². The van der Waals surface area contributed by atoms with Gasteiger partial charge in [-0.15, -0.1) is 0 Å². The van der Waals surface area contributed by atoms with Crippen LogP contribution in [0.2, 0.25) is 0 Å². The lowest BCUT2D eigenvalue weighted by Gasteiger charge is -2.30. The lowest BCUT2D eigenvalue weighted by molar-refractivity contribution is 0.276. The molecular formula is C16H24FNO. The molecule has 2 nitrogen and oxygen atoms in total. The minimum atomic E-state index is -0.265. The standard InChI is InChI=1S/C16H24FNO/c1-18-15(13-6-4-3-5-7-13)11-12-8-9-16(19-2)14(17)10-12/h8-10,13,15,18H,3-7,11H2,1-2H3. The molecule has 1 aromatic carbocycles. The van der Waals surface area contributed by atoms with Crippen molar-refractivity contribution >= 4 is 0 Å². The number of ether oxygens (including phenoxy) is 1. The molecule has 0 heterocycles. The van der Waals surface area contributed by atoms with Crippen molar-refractivity contribution in [3.05, 3.63) is 29.6 Å². The Bertz CT molecular complexity index is 402. The first-order valence-corrected chi connectivity index (χ1v) is 7.24. The molecule has 0 aromatic heterocycles. The Balaban J connectivity index is 2.03. The highest BCUT2D eigenvalue weighted by Gasteiger charge is 2.22. The third-order valence-corrected chi connectivity index (χ3v) is 4.26. The van der Waals surface area contributed by atoms with Gasteiger partial charge in [0.1, 0.15) is 0 Å². The van der Waals surface area contributed by atoms with Crippen LogP contribution in [-0.4, -0.2) is 20.2 Å². The molecule has 3 heteroatoms. The van der Waals surface area contributed by atoms with Crippen molar-refractivity contribution in [3.63, 3.8) is 0 Å². The van der Waals surface area contributed by atoms with Gasteiger partial charge in [-0.2, -0.15) is 0 Å². The van der Waals surface area contributed by atoms with Crippen molar-refractivity contribution in [2.45, 2.75) is 44.6 Å². The average Bonchev–Trinajstić information content (AvgIpc) is 2.46. The molecule has 2 rings (SSSR count). The maximum absolute atomic E-state index is 13.7. The van der Waals surface area contributed by atoms with Crippen LogP contribution in [0.15, 0.2) is 18.2 Å². The summed E-state index contributed by atoms with van der Waals surface area (Å²) < 4.78 is 18.7. The Labute approximate surface area is 115 Å². The second kappa shape index (κ2) is 6.90. The van der Waals surface area contributed by atoms with E-state index in [-0.39, 0.29) is 5.82 Å². The molecule has 0 amide bonds. The average molecular weight is 265 g/mol. The second-order valence-corrected chi connectivity index (χ2v) is 5.47. The third kappa shape index (κ3) is 3.69. The van der Waals surface area contributed by atoms with Crippen molar-refractivity contribution in [1.82, 2.24) is 5.32 Å². The van der Waals surface area contributed by atoms with Gasteiger partial charge in [0.25, 0.3) is 0 Å². The summed E-state index contributed by atoms with van der Waals surface area (Å²) in [4.78, 5) is 0. The Morgan fingerprint density at radius 2 is 2.05 bits per heavy atom. The van der Waals surface area contributed by atoms with Crippen LogP contribution >= 0.6 is 0 Å². The van der Waals surface area contributed by atoms with Gasteiger partial charge in [0.2, 0.25) is 0 Å². The Kier molecular flexibility index (Phi) is 5.20. The van der Waals surface area contributed by atoms with Gasteiger partial charge in [-0.25, -0.2) is 4.39 Å². The number of hydrogen-bond acceptors (Lipinski definition) is 2. The van der Waals surface area contributed by atoms with Crippen LogP contribution in [0.5, 0.6) is 5.75 Å². The molecule has 1 saturated carbocycles. The molecule has 1 N–H and O–H groups in total. The summed E-state index contributed by atoms with van der Waals surface area (Å²) >= 11 is 0. The van der Waals surface area contributed by atoms with Crippen molar-refractivity contribution in [3.8, 4) is 5.75 Å². The number of hydrogen-bond donors (Lipinski definition) is 1. The SMILES string of the molecule is CNC(Cc1ccc(OC)c(F)c1)C1CCCCC1. The van der Waals surface area contributed by atoms with E-state index in [0.29, 0.717) is 11.8 Å². The van der Waals surface area contributed by atoms with Crippen molar-refractivity contribution < 1.29 is 9.13 Å². The van der Waals surface area contributed by atoms with E-state index in [4.69, 9.17) is 4.74 Å². The summed E-state index contributed by atoms with van der Waals surface area (Å²) in [5.41, 5.74) is 1.04. The monoisotopic (exact) mass is 265 g/mol. The van der Waals surface area contributed by atoms with Gasteiger partial charge in [-0.3, -0.25) is 0 Å². The van der Waals surface area contributed by atoms with Gasteiger partial charge in [-0.1, -0.05) is 25.3 Å². The normalized spacial score (nSPS) is 18.3. The lowest BCUT2D eigenvalue weighted by Crippen LogP contribution is -2.36. The highest BCUT2D eigenvalue weighted by atomic mass is 19.1. The zero-order valence-electron chi connectivity index (χ0n) is 11.9. The fraction of sp³-hybridized carbons (Fsp3) is 0.625. The molecule has 1 aliphatic rings. The smallest absolute Gasteiger partial charge is 0.165 e. The quantitative estimate of drug-likeness (QED) is 0.879. The maximum atomic E-state index is 13.7. The predicted molar refractivity (Wildman–Crippen MR) is 76.1 cm³/mol. The molecule has 1 atom stereocenters. The van der Waals surface area contributed by atoms with Crippen LogP contribution in [0.4, 0.5) is 4.39 Å². The van der Waals surface area contributed by atoms with E-state index < -0.39 is 0 Å². The van der Waals surface area contributed by atoms with Gasteiger partial charge in [-0.05, 0) is 49.9 Å². The van der Waals surface area contributed by atoms with Crippen LogP contribution < -0.4 is 10.1 Å². The number of likely N-dealkylation sites (N-methyl/N-ethyl adjacent to an activating group) is 1. The molecule has 106 valence electrons. The number of rotatable bonds is 5. The van der Waals surface area contributed by atoms with E-state index in [2.05, 4.69) is 5.32 Å². The van der Waals surface area contributed by atoms with Crippen LogP contribution in [-0.2, 0) is 6.42 Å². The summed E-state index contributed by atoms with van der Waals surface area (Å²) in [6.07, 6.45) is 7.51. The zero-order chi connectivity index (χ0) is 13.7. The molecule has 0 radical (unpaired) electrons. The molecule has 0 spiro atoms. The van der Waals surface area contributed by atoms with E-state index in [0.717, 1.165) is 17.9 Å². The van der Waals surface area contributed by atoms with Gasteiger partial charge in [0.15, 0.2) is 11.6 Å². The van der Waals surface area contributed by atoms with Crippen LogP contribution in [0.3, 0.4) is 0 Å². The molecular weight excluding hydrogens is 241 g/mol. The number of halogens is 1. The molecule has 19 heavy (non-hydrogen) atoms. The van der Waals surface area contributed by atoms with E-state index >= 15 is 0 Å². The van der Waals surface area contributed by atoms with E-state index in [9.17, 15) is 4.39 Å². The molecule has 1 unspecified atom stereocenters. The van der Waals surface area contributed by atoms with Gasteiger partial charge in [0, 0.05) is 6.04 Å². The van der Waals surface area contributed by atoms with Gasteiger partial charge >= 0.3 is 0 Å². The summed E-state index contributed by atoms with van der Waals surface area (Å²) in [5.74, 6) is 0.782. The number of benzene rings is 1. The highest BCUT2D eigenvalue weighted by molar-refractivity contribution is 5.29. The minimum absolute atomic E-state index is 0.265. The Hall–Kier alpha value is -1.09. The van der Waals surface area contributed by atoms with Crippen LogP contribution in [0, 0.1) is 11.7 Å². The van der Waals surface area contributed by atoms with E-state index in [1.165, 1.54) is 39.2 Å². The maximum Gasteiger partial charge on any atom is 0.165 e. The van der Waals surface area contributed by atoms with E-state index in [1.54, 1.807) is 12.1 Å². The summed E-state index contributed by atoms with van der Waals surface area (Å²) in [5, 5.41) is 3.41. The van der Waals surface area contributed by atoms with Crippen LogP contribution in [0.25, 0.3) is 0 Å². The zero-order valence-corrected chi connectivity index (χ0v) is 11.9. The highest BCUT2D eigenvalue weighted by Crippen LogP contribution is 2.28. The first-order chi connectivity index (χ1) is 9.24. The van der Waals surface area contributed by atoms with Crippen LogP contribution in [0.1, 0.15) is 37.7 Å². The summed E-state index contributed by atoms with van der Waals surface area (Å²) in [6, 6.07) is 5.74. The first kappa shape index (κ1) is 14.3. The molecule has 1 fully saturated rings. The fourth-order valence-electron chi connectivity index (χ4n) is 3.13. The summed E-state index contributed by atoms with van der Waals surface area (Å²) in [7, 11) is 3.51. The lowest BCUT2D eigenvalue weighted by atomic mass is 9.81. The van der Waals surface area contributed by atoms with Crippen molar-refractivity contribution in [1.29, 1.82) is 0 Å². The largest absolute Gasteiger partial charge is 0.494 e.